The van der Waals surface area contributed by atoms with Gasteiger partial charge in [-0.05, 0) is 36.5 Å². The van der Waals surface area contributed by atoms with Gasteiger partial charge in [-0.1, -0.05) is 32.9 Å². The molecule has 1 heterocycles. The van der Waals surface area contributed by atoms with E-state index in [0.29, 0.717) is 0 Å². The maximum Gasteiger partial charge on any atom is 0.254 e. The zero-order valence-corrected chi connectivity index (χ0v) is 12.3. The van der Waals surface area contributed by atoms with Crippen molar-refractivity contribution in [1.29, 1.82) is 0 Å². The Morgan fingerprint density at radius 2 is 1.84 bits per heavy atom. The van der Waals surface area contributed by atoms with Gasteiger partial charge in [-0.25, -0.2) is 0 Å². The van der Waals surface area contributed by atoms with Crippen molar-refractivity contribution in [2.45, 2.75) is 51.6 Å². The average Bonchev–Trinajstić information content (AvgIpc) is 2.68. The third-order valence-electron chi connectivity index (χ3n) is 4.07. The molecule has 0 spiro atoms. The topological polar surface area (TPSA) is 46.3 Å². The summed E-state index contributed by atoms with van der Waals surface area (Å²) in [6.07, 6.45) is 0.896. The maximum absolute atomic E-state index is 12.4. The second-order valence-corrected chi connectivity index (χ2v) is 6.52. The molecule has 1 amide bonds. The van der Waals surface area contributed by atoms with Gasteiger partial charge in [0.25, 0.3) is 5.91 Å². The molecule has 0 aliphatic carbocycles. The highest BCUT2D eigenvalue weighted by Gasteiger charge is 2.31. The highest BCUT2D eigenvalue weighted by Crippen LogP contribution is 2.24. The number of benzene rings is 1. The molecule has 0 saturated carbocycles. The van der Waals surface area contributed by atoms with E-state index in [0.717, 1.165) is 18.5 Å². The molecule has 2 N–H and O–H groups in total. The second kappa shape index (κ2) is 4.97. The number of carbonyl (C=O) groups excluding carboxylic acids is 1. The fourth-order valence-electron chi connectivity index (χ4n) is 2.53. The van der Waals surface area contributed by atoms with Gasteiger partial charge >= 0.3 is 0 Å². The maximum atomic E-state index is 12.4. The van der Waals surface area contributed by atoms with Crippen molar-refractivity contribution in [3.8, 4) is 0 Å². The van der Waals surface area contributed by atoms with Crippen LogP contribution in [0.3, 0.4) is 0 Å². The molecule has 0 radical (unpaired) electrons. The van der Waals surface area contributed by atoms with Crippen molar-refractivity contribution < 1.29 is 4.79 Å². The first-order valence-electron chi connectivity index (χ1n) is 6.98. The summed E-state index contributed by atoms with van der Waals surface area (Å²) in [5.74, 6) is 0.0981. The van der Waals surface area contributed by atoms with Crippen LogP contribution in [0, 0.1) is 0 Å². The quantitative estimate of drug-likeness (QED) is 0.843. The lowest BCUT2D eigenvalue weighted by Gasteiger charge is -2.24. The molecule has 1 saturated heterocycles. The van der Waals surface area contributed by atoms with Crippen molar-refractivity contribution in [3.05, 3.63) is 35.4 Å². The Labute approximate surface area is 115 Å². The molecule has 3 heteroatoms. The number of carbonyl (C=O) groups is 1. The Bertz CT molecular complexity index is 459. The number of hydrogen-bond acceptors (Lipinski definition) is 2. The van der Waals surface area contributed by atoms with Crippen molar-refractivity contribution in [3.63, 3.8) is 0 Å². The van der Waals surface area contributed by atoms with E-state index in [4.69, 9.17) is 5.73 Å². The number of likely N-dealkylation sites (tertiary alicyclic amines) is 1. The average molecular weight is 260 g/mol. The van der Waals surface area contributed by atoms with Gasteiger partial charge in [0.2, 0.25) is 0 Å². The molecule has 2 rings (SSSR count). The fourth-order valence-corrected chi connectivity index (χ4v) is 2.53. The highest BCUT2D eigenvalue weighted by molar-refractivity contribution is 5.94. The van der Waals surface area contributed by atoms with Crippen molar-refractivity contribution in [2.75, 3.05) is 6.54 Å². The molecular weight excluding hydrogens is 236 g/mol. The summed E-state index contributed by atoms with van der Waals surface area (Å²) in [4.78, 5) is 14.3. The first-order chi connectivity index (χ1) is 8.80. The van der Waals surface area contributed by atoms with E-state index in [1.807, 2.05) is 36.1 Å². The van der Waals surface area contributed by atoms with Gasteiger partial charge < -0.3 is 10.6 Å². The minimum atomic E-state index is 0.0981. The molecule has 0 aromatic heterocycles. The van der Waals surface area contributed by atoms with E-state index in [-0.39, 0.29) is 23.4 Å². The number of amides is 1. The van der Waals surface area contributed by atoms with Crippen molar-refractivity contribution in [2.24, 2.45) is 5.73 Å². The van der Waals surface area contributed by atoms with Gasteiger partial charge in [0.1, 0.15) is 0 Å². The van der Waals surface area contributed by atoms with E-state index in [9.17, 15) is 4.79 Å². The number of hydrogen-bond donors (Lipinski definition) is 1. The third-order valence-corrected chi connectivity index (χ3v) is 4.07. The van der Waals surface area contributed by atoms with Crippen molar-refractivity contribution in [1.82, 2.24) is 4.90 Å². The Hall–Kier alpha value is -1.35. The van der Waals surface area contributed by atoms with Crippen LogP contribution in [0.2, 0.25) is 0 Å². The molecule has 104 valence electrons. The molecule has 1 aromatic carbocycles. The molecule has 1 fully saturated rings. The Balaban J connectivity index is 2.17. The molecule has 19 heavy (non-hydrogen) atoms. The molecule has 2 atom stereocenters. The zero-order valence-electron chi connectivity index (χ0n) is 12.3. The van der Waals surface area contributed by atoms with Gasteiger partial charge in [0, 0.05) is 24.2 Å². The van der Waals surface area contributed by atoms with E-state index < -0.39 is 0 Å². The Morgan fingerprint density at radius 1 is 1.26 bits per heavy atom. The summed E-state index contributed by atoms with van der Waals surface area (Å²) < 4.78 is 0. The highest BCUT2D eigenvalue weighted by atomic mass is 16.2. The predicted octanol–water partition coefficient (Wildman–Crippen LogP) is 2.55. The lowest BCUT2D eigenvalue weighted by atomic mass is 9.86. The summed E-state index contributed by atoms with van der Waals surface area (Å²) in [5.41, 5.74) is 8.09. The van der Waals surface area contributed by atoms with Crippen LogP contribution in [0.25, 0.3) is 0 Å². The van der Waals surface area contributed by atoms with Gasteiger partial charge in [0.05, 0.1) is 0 Å². The summed E-state index contributed by atoms with van der Waals surface area (Å²) in [7, 11) is 0. The van der Waals surface area contributed by atoms with E-state index >= 15 is 0 Å². The smallest absolute Gasteiger partial charge is 0.254 e. The third kappa shape index (κ3) is 2.81. The first-order valence-corrected chi connectivity index (χ1v) is 6.98. The van der Waals surface area contributed by atoms with Gasteiger partial charge in [0.15, 0.2) is 0 Å². The summed E-state index contributed by atoms with van der Waals surface area (Å²) in [5, 5.41) is 0. The minimum absolute atomic E-state index is 0.0981. The molecule has 1 aliphatic rings. The van der Waals surface area contributed by atoms with Gasteiger partial charge in [-0.15, -0.1) is 0 Å². The SMILES string of the molecule is CC1C(N)CCN1C(=O)c1ccc(C(C)(C)C)cc1. The summed E-state index contributed by atoms with van der Waals surface area (Å²) in [6, 6.07) is 8.20. The largest absolute Gasteiger partial charge is 0.334 e. The minimum Gasteiger partial charge on any atom is -0.334 e. The van der Waals surface area contributed by atoms with Crippen LogP contribution in [0.1, 0.15) is 50.0 Å². The first kappa shape index (κ1) is 14.1. The van der Waals surface area contributed by atoms with Gasteiger partial charge in [-0.3, -0.25) is 4.79 Å². The fraction of sp³-hybridized carbons (Fsp3) is 0.562. The van der Waals surface area contributed by atoms with Crippen LogP contribution in [-0.2, 0) is 5.41 Å². The number of nitrogens with two attached hydrogens (primary N) is 1. The molecular formula is C16H24N2O. The lowest BCUT2D eigenvalue weighted by Crippen LogP contribution is -2.40. The molecule has 1 aromatic rings. The van der Waals surface area contributed by atoms with Crippen LogP contribution >= 0.6 is 0 Å². The Kier molecular flexibility index (Phi) is 3.68. The van der Waals surface area contributed by atoms with Crippen LogP contribution in [0.15, 0.2) is 24.3 Å². The van der Waals surface area contributed by atoms with Crippen LogP contribution in [-0.4, -0.2) is 29.4 Å². The number of nitrogens with zero attached hydrogens (tertiary/aromatic N) is 1. The molecule has 2 unspecified atom stereocenters. The Morgan fingerprint density at radius 3 is 2.26 bits per heavy atom. The standard InChI is InChI=1S/C16H24N2O/c1-11-14(17)9-10-18(11)15(19)12-5-7-13(8-6-12)16(2,3)4/h5-8,11,14H,9-10,17H2,1-4H3. The van der Waals surface area contributed by atoms with E-state index in [1.54, 1.807) is 0 Å². The molecule has 3 nitrogen and oxygen atoms in total. The molecule has 0 bridgehead atoms. The summed E-state index contributed by atoms with van der Waals surface area (Å²) >= 11 is 0. The normalized spacial score (nSPS) is 23.7. The second-order valence-electron chi connectivity index (χ2n) is 6.52. The summed E-state index contributed by atoms with van der Waals surface area (Å²) in [6.45, 7) is 9.31. The van der Waals surface area contributed by atoms with Gasteiger partial charge in [-0.2, -0.15) is 0 Å². The zero-order chi connectivity index (χ0) is 14.2. The van der Waals surface area contributed by atoms with Crippen molar-refractivity contribution >= 4 is 5.91 Å². The number of rotatable bonds is 1. The van der Waals surface area contributed by atoms with Crippen LogP contribution < -0.4 is 5.73 Å². The van der Waals surface area contributed by atoms with E-state index in [2.05, 4.69) is 20.8 Å². The van der Waals surface area contributed by atoms with Crippen LogP contribution in [0.5, 0.6) is 0 Å². The van der Waals surface area contributed by atoms with E-state index in [1.165, 1.54) is 5.56 Å². The molecule has 1 aliphatic heterocycles. The monoisotopic (exact) mass is 260 g/mol. The lowest BCUT2D eigenvalue weighted by molar-refractivity contribution is 0.0742. The van der Waals surface area contributed by atoms with Crippen LogP contribution in [0.4, 0.5) is 0 Å². The predicted molar refractivity (Wildman–Crippen MR) is 78.2 cm³/mol.